The Hall–Kier alpha value is -1.80. The van der Waals surface area contributed by atoms with Crippen LogP contribution >= 0.6 is 0 Å². The first-order chi connectivity index (χ1) is 12.5. The van der Waals surface area contributed by atoms with Gasteiger partial charge >= 0.3 is 0 Å². The summed E-state index contributed by atoms with van der Waals surface area (Å²) in [6, 6.07) is 13.8. The quantitative estimate of drug-likeness (QED) is 0.839. The molecule has 2 aromatic carbocycles. The molecule has 1 saturated heterocycles. The maximum absolute atomic E-state index is 13.4. The molecule has 0 amide bonds. The molecular weight excluding hydrogens is 355 g/mol. The summed E-state index contributed by atoms with van der Waals surface area (Å²) >= 11 is 0. The molecule has 7 heteroatoms. The number of aryl methyl sites for hydroxylation is 1. The van der Waals surface area contributed by atoms with Crippen LogP contribution in [0.25, 0.3) is 0 Å². The minimum Gasteiger partial charge on any atom is -0.371 e. The second-order valence-electron chi connectivity index (χ2n) is 6.38. The second kappa shape index (κ2) is 8.26. The Morgan fingerprint density at radius 2 is 2.00 bits per heavy atom. The Kier molecular flexibility index (Phi) is 6.03. The second-order valence-corrected chi connectivity index (χ2v) is 8.11. The molecule has 0 aliphatic carbocycles. The molecule has 1 N–H and O–H groups in total. The third-order valence-corrected chi connectivity index (χ3v) is 6.08. The van der Waals surface area contributed by atoms with Crippen molar-refractivity contribution < 1.29 is 17.5 Å². The topological polar surface area (TPSA) is 58.6 Å². The van der Waals surface area contributed by atoms with Gasteiger partial charge in [-0.05, 0) is 30.2 Å². The van der Waals surface area contributed by atoms with E-state index < -0.39 is 15.8 Å². The van der Waals surface area contributed by atoms with E-state index >= 15 is 0 Å². The Labute approximate surface area is 153 Å². The largest absolute Gasteiger partial charge is 0.371 e. The van der Waals surface area contributed by atoms with Crippen LogP contribution < -0.4 is 4.72 Å². The minimum absolute atomic E-state index is 0.00739. The number of halogens is 1. The van der Waals surface area contributed by atoms with Crippen LogP contribution in [0.3, 0.4) is 0 Å². The average molecular weight is 378 g/mol. The van der Waals surface area contributed by atoms with Gasteiger partial charge in [-0.15, -0.1) is 0 Å². The van der Waals surface area contributed by atoms with Gasteiger partial charge in [-0.2, -0.15) is 0 Å². The van der Waals surface area contributed by atoms with E-state index in [2.05, 4.69) is 9.62 Å². The van der Waals surface area contributed by atoms with Crippen LogP contribution in [0.1, 0.15) is 17.2 Å². The van der Waals surface area contributed by atoms with Gasteiger partial charge in [-0.25, -0.2) is 17.5 Å². The highest BCUT2D eigenvalue weighted by molar-refractivity contribution is 7.89. The summed E-state index contributed by atoms with van der Waals surface area (Å²) in [6.45, 7) is 4.56. The smallest absolute Gasteiger partial charge is 0.240 e. The van der Waals surface area contributed by atoms with Crippen LogP contribution in [0, 0.1) is 12.7 Å². The first kappa shape index (κ1) is 19.0. The van der Waals surface area contributed by atoms with Crippen molar-refractivity contribution >= 4 is 10.0 Å². The fourth-order valence-corrected chi connectivity index (χ4v) is 4.33. The van der Waals surface area contributed by atoms with E-state index in [1.165, 1.54) is 12.1 Å². The number of benzene rings is 2. The van der Waals surface area contributed by atoms with Gasteiger partial charge in [0.1, 0.15) is 5.82 Å². The minimum atomic E-state index is -3.73. The van der Waals surface area contributed by atoms with Gasteiger partial charge in [-0.3, -0.25) is 4.90 Å². The number of hydrogen-bond acceptors (Lipinski definition) is 4. The number of nitrogens with zero attached hydrogens (tertiary/aromatic N) is 1. The Morgan fingerprint density at radius 1 is 1.23 bits per heavy atom. The lowest BCUT2D eigenvalue weighted by Gasteiger charge is -2.33. The van der Waals surface area contributed by atoms with E-state index in [-0.39, 0.29) is 17.5 Å². The lowest BCUT2D eigenvalue weighted by molar-refractivity contribution is -0.0291. The van der Waals surface area contributed by atoms with Crippen molar-refractivity contribution in [1.82, 2.24) is 9.62 Å². The van der Waals surface area contributed by atoms with Crippen LogP contribution in [0.15, 0.2) is 53.4 Å². The molecule has 1 aliphatic heterocycles. The van der Waals surface area contributed by atoms with Crippen LogP contribution in [-0.4, -0.2) is 46.1 Å². The van der Waals surface area contributed by atoms with E-state index in [1.54, 1.807) is 6.92 Å². The highest BCUT2D eigenvalue weighted by atomic mass is 32.2. The summed E-state index contributed by atoms with van der Waals surface area (Å²) in [5.74, 6) is -0.560. The van der Waals surface area contributed by atoms with Crippen molar-refractivity contribution in [2.24, 2.45) is 0 Å². The molecule has 1 aliphatic rings. The molecule has 0 aromatic heterocycles. The monoisotopic (exact) mass is 378 g/mol. The van der Waals surface area contributed by atoms with Gasteiger partial charge in [0.15, 0.2) is 0 Å². The molecule has 0 bridgehead atoms. The molecule has 3 rings (SSSR count). The van der Waals surface area contributed by atoms with Crippen molar-refractivity contribution in [3.63, 3.8) is 0 Å². The van der Waals surface area contributed by atoms with E-state index in [9.17, 15) is 12.8 Å². The van der Waals surface area contributed by atoms with Gasteiger partial charge in [-0.1, -0.05) is 36.4 Å². The first-order valence-electron chi connectivity index (χ1n) is 8.60. The van der Waals surface area contributed by atoms with Crippen molar-refractivity contribution in [3.05, 3.63) is 65.5 Å². The standard InChI is InChI=1S/C19H23FN2O3S/c1-15-7-8-17(20)13-19(15)26(23,24)21-9-10-22-11-12-25-18(14-22)16-5-3-2-4-6-16/h2-8,13,18,21H,9-12,14H2,1H3. The number of sulfonamides is 1. The molecule has 140 valence electrons. The summed E-state index contributed by atoms with van der Waals surface area (Å²) in [5, 5.41) is 0. The van der Waals surface area contributed by atoms with Gasteiger partial charge in [0.2, 0.25) is 10.0 Å². The van der Waals surface area contributed by atoms with Gasteiger partial charge < -0.3 is 4.74 Å². The van der Waals surface area contributed by atoms with Gasteiger partial charge in [0.05, 0.1) is 17.6 Å². The summed E-state index contributed by atoms with van der Waals surface area (Å²) in [6.07, 6.45) is -0.00739. The normalized spacial score (nSPS) is 18.8. The van der Waals surface area contributed by atoms with Crippen LogP contribution in [0.4, 0.5) is 4.39 Å². The zero-order valence-electron chi connectivity index (χ0n) is 14.7. The summed E-state index contributed by atoms with van der Waals surface area (Å²) < 4.78 is 46.6. The summed E-state index contributed by atoms with van der Waals surface area (Å²) in [4.78, 5) is 2.16. The third kappa shape index (κ3) is 4.67. The highest BCUT2D eigenvalue weighted by Gasteiger charge is 2.22. The molecule has 0 saturated carbocycles. The lowest BCUT2D eigenvalue weighted by atomic mass is 10.1. The Morgan fingerprint density at radius 3 is 2.77 bits per heavy atom. The predicted molar refractivity (Wildman–Crippen MR) is 97.9 cm³/mol. The van der Waals surface area contributed by atoms with Crippen molar-refractivity contribution in [2.75, 3.05) is 32.8 Å². The van der Waals surface area contributed by atoms with Gasteiger partial charge in [0, 0.05) is 26.2 Å². The molecule has 2 aromatic rings. The predicted octanol–water partition coefficient (Wildman–Crippen LogP) is 2.49. The van der Waals surface area contributed by atoms with E-state index in [0.29, 0.717) is 25.3 Å². The molecule has 0 radical (unpaired) electrons. The molecule has 1 fully saturated rings. The van der Waals surface area contributed by atoms with Crippen molar-refractivity contribution in [2.45, 2.75) is 17.9 Å². The Balaban J connectivity index is 1.56. The maximum atomic E-state index is 13.4. The molecule has 1 heterocycles. The SMILES string of the molecule is Cc1ccc(F)cc1S(=O)(=O)NCCN1CCOC(c2ccccc2)C1. The number of nitrogens with one attached hydrogen (secondary N) is 1. The van der Waals surface area contributed by atoms with Crippen LogP contribution in [-0.2, 0) is 14.8 Å². The zero-order valence-corrected chi connectivity index (χ0v) is 15.5. The molecule has 1 unspecified atom stereocenters. The molecule has 1 atom stereocenters. The first-order valence-corrected chi connectivity index (χ1v) is 10.1. The van der Waals surface area contributed by atoms with E-state index in [1.807, 2.05) is 30.3 Å². The van der Waals surface area contributed by atoms with Crippen molar-refractivity contribution in [1.29, 1.82) is 0 Å². The Bertz CT molecular complexity index is 843. The van der Waals surface area contributed by atoms with Crippen LogP contribution in [0.5, 0.6) is 0 Å². The van der Waals surface area contributed by atoms with E-state index in [0.717, 1.165) is 18.2 Å². The average Bonchev–Trinajstić information content (AvgIpc) is 2.64. The van der Waals surface area contributed by atoms with Crippen LogP contribution in [0.2, 0.25) is 0 Å². The lowest BCUT2D eigenvalue weighted by Crippen LogP contribution is -2.42. The summed E-state index contributed by atoms with van der Waals surface area (Å²) in [7, 11) is -3.73. The molecule has 5 nitrogen and oxygen atoms in total. The number of morpholine rings is 1. The number of hydrogen-bond donors (Lipinski definition) is 1. The fraction of sp³-hybridized carbons (Fsp3) is 0.368. The van der Waals surface area contributed by atoms with E-state index in [4.69, 9.17) is 4.74 Å². The zero-order chi connectivity index (χ0) is 18.6. The van der Waals surface area contributed by atoms with Gasteiger partial charge in [0.25, 0.3) is 0 Å². The van der Waals surface area contributed by atoms with Crippen molar-refractivity contribution in [3.8, 4) is 0 Å². The molecule has 0 spiro atoms. The number of ether oxygens (including phenoxy) is 1. The molecule has 26 heavy (non-hydrogen) atoms. The summed E-state index contributed by atoms with van der Waals surface area (Å²) in [5.41, 5.74) is 1.64. The highest BCUT2D eigenvalue weighted by Crippen LogP contribution is 2.21. The third-order valence-electron chi connectivity index (χ3n) is 4.48. The maximum Gasteiger partial charge on any atom is 0.240 e. The fourth-order valence-electron chi connectivity index (χ4n) is 3.05. The molecular formula is C19H23FN2O3S. The number of rotatable bonds is 6.